The van der Waals surface area contributed by atoms with Gasteiger partial charge in [0.1, 0.15) is 6.04 Å². The molecule has 10 heteroatoms. The lowest BCUT2D eigenvalue weighted by Gasteiger charge is -2.39. The number of anilines is 1. The number of likely N-dealkylation sites (N-methyl/N-ethyl adjacent to an activating group) is 1. The number of fused-ring (bicyclic) bond motifs is 1. The number of nitrogens with one attached hydrogen (secondary N) is 2. The van der Waals surface area contributed by atoms with Crippen LogP contribution >= 0.6 is 0 Å². The van der Waals surface area contributed by atoms with Crippen molar-refractivity contribution in [3.05, 3.63) is 30.0 Å². The van der Waals surface area contributed by atoms with Gasteiger partial charge in [-0.3, -0.25) is 24.2 Å². The Morgan fingerprint density at radius 1 is 1.03 bits per heavy atom. The number of carboxylic acid groups (broad SMARTS) is 1. The molecule has 2 aliphatic heterocycles. The van der Waals surface area contributed by atoms with Crippen molar-refractivity contribution in [3.63, 3.8) is 0 Å². The Balaban J connectivity index is 1.40. The Bertz CT molecular complexity index is 1070. The number of H-pyrrole nitrogens is 1. The molecule has 0 spiro atoms. The van der Waals surface area contributed by atoms with Crippen molar-refractivity contribution in [3.8, 4) is 0 Å². The fourth-order valence-electron chi connectivity index (χ4n) is 4.75. The number of carboxylic acids is 1. The van der Waals surface area contributed by atoms with Crippen molar-refractivity contribution in [1.29, 1.82) is 0 Å². The lowest BCUT2D eigenvalue weighted by atomic mass is 10.0. The molecule has 0 aliphatic carbocycles. The summed E-state index contributed by atoms with van der Waals surface area (Å²) in [7, 11) is 2.07. The standard InChI is InChI=1S/C25H36N6O4/c1-17(2)24(33)27-18-4-5-19-20(15-26-21(19)14-18)23(25(34)35)31-12-8-29(9-13-31)16-22(32)30-10-6-28(3)7-11-30/h4-5,14-15,17,23,26H,6-13,16H2,1-3H3,(H,27,33)(H,34,35)/t23-/m0/s1. The maximum Gasteiger partial charge on any atom is 0.325 e. The van der Waals surface area contributed by atoms with E-state index in [1.807, 2.05) is 35.8 Å². The molecule has 2 amide bonds. The third-order valence-corrected chi connectivity index (χ3v) is 7.02. The van der Waals surface area contributed by atoms with Gasteiger partial charge in [-0.1, -0.05) is 19.9 Å². The molecule has 1 aromatic heterocycles. The van der Waals surface area contributed by atoms with E-state index in [0.29, 0.717) is 44.0 Å². The number of rotatable bonds is 7. The second-order valence-corrected chi connectivity index (χ2v) is 9.89. The van der Waals surface area contributed by atoms with Gasteiger partial charge < -0.3 is 25.2 Å². The van der Waals surface area contributed by atoms with Gasteiger partial charge in [-0.15, -0.1) is 0 Å². The quantitative estimate of drug-likeness (QED) is 0.543. The first-order chi connectivity index (χ1) is 16.7. The molecule has 1 atom stereocenters. The molecule has 2 fully saturated rings. The summed E-state index contributed by atoms with van der Waals surface area (Å²) < 4.78 is 0. The highest BCUT2D eigenvalue weighted by Crippen LogP contribution is 2.31. The fourth-order valence-corrected chi connectivity index (χ4v) is 4.75. The molecule has 0 radical (unpaired) electrons. The highest BCUT2D eigenvalue weighted by Gasteiger charge is 2.33. The van der Waals surface area contributed by atoms with Gasteiger partial charge in [0, 0.05) is 86.6 Å². The molecule has 2 aromatic rings. The fraction of sp³-hybridized carbons (Fsp3) is 0.560. The molecule has 3 heterocycles. The first-order valence-electron chi connectivity index (χ1n) is 12.3. The van der Waals surface area contributed by atoms with E-state index >= 15 is 0 Å². The van der Waals surface area contributed by atoms with Crippen LogP contribution in [0.15, 0.2) is 24.4 Å². The number of aromatic amines is 1. The molecule has 2 saturated heterocycles. The van der Waals surface area contributed by atoms with E-state index in [1.54, 1.807) is 12.3 Å². The summed E-state index contributed by atoms with van der Waals surface area (Å²) in [6, 6.07) is 4.72. The van der Waals surface area contributed by atoms with Crippen LogP contribution in [0.2, 0.25) is 0 Å². The Morgan fingerprint density at radius 3 is 2.34 bits per heavy atom. The minimum atomic E-state index is -0.898. The van der Waals surface area contributed by atoms with E-state index in [4.69, 9.17) is 0 Å². The lowest BCUT2D eigenvalue weighted by molar-refractivity contribution is -0.145. The second kappa shape index (κ2) is 10.8. The van der Waals surface area contributed by atoms with E-state index in [2.05, 4.69) is 27.1 Å². The molecule has 1 aromatic carbocycles. The Labute approximate surface area is 205 Å². The van der Waals surface area contributed by atoms with Gasteiger partial charge in [0.2, 0.25) is 11.8 Å². The molecule has 3 N–H and O–H groups in total. The minimum absolute atomic E-state index is 0.0662. The molecule has 10 nitrogen and oxygen atoms in total. The average Bonchev–Trinajstić information content (AvgIpc) is 3.23. The van der Waals surface area contributed by atoms with Crippen LogP contribution in [0.4, 0.5) is 5.69 Å². The molecular weight excluding hydrogens is 448 g/mol. The number of hydrogen-bond acceptors (Lipinski definition) is 6. The minimum Gasteiger partial charge on any atom is -0.480 e. The Hall–Kier alpha value is -2.95. The molecule has 35 heavy (non-hydrogen) atoms. The summed E-state index contributed by atoms with van der Waals surface area (Å²) in [5.74, 6) is -0.941. The predicted molar refractivity (Wildman–Crippen MR) is 134 cm³/mol. The zero-order chi connectivity index (χ0) is 25.1. The number of aromatic nitrogens is 1. The third kappa shape index (κ3) is 5.83. The summed E-state index contributed by atoms with van der Waals surface area (Å²) in [5, 5.41) is 13.8. The number of benzene rings is 1. The molecular formula is C25H36N6O4. The van der Waals surface area contributed by atoms with Gasteiger partial charge in [-0.2, -0.15) is 0 Å². The SMILES string of the molecule is CC(C)C(=O)Nc1ccc2c([C@@H](C(=O)O)N3CCN(CC(=O)N4CCN(C)CC4)CC3)c[nH]c2c1. The van der Waals surface area contributed by atoms with Crippen molar-refractivity contribution in [2.24, 2.45) is 5.92 Å². The summed E-state index contributed by atoms with van der Waals surface area (Å²) in [6.07, 6.45) is 1.75. The average molecular weight is 485 g/mol. The zero-order valence-electron chi connectivity index (χ0n) is 20.8. The van der Waals surface area contributed by atoms with Crippen molar-refractivity contribution < 1.29 is 19.5 Å². The first-order valence-corrected chi connectivity index (χ1v) is 12.3. The van der Waals surface area contributed by atoms with Crippen LogP contribution < -0.4 is 5.32 Å². The van der Waals surface area contributed by atoms with Gasteiger partial charge in [0.05, 0.1) is 6.54 Å². The van der Waals surface area contributed by atoms with Crippen molar-refractivity contribution in [2.45, 2.75) is 19.9 Å². The Kier molecular flexibility index (Phi) is 7.73. The molecule has 0 bridgehead atoms. The highest BCUT2D eigenvalue weighted by atomic mass is 16.4. The van der Waals surface area contributed by atoms with E-state index < -0.39 is 12.0 Å². The topological polar surface area (TPSA) is 112 Å². The summed E-state index contributed by atoms with van der Waals surface area (Å²) in [4.78, 5) is 48.5. The van der Waals surface area contributed by atoms with Gasteiger partial charge >= 0.3 is 5.97 Å². The molecule has 2 aliphatic rings. The summed E-state index contributed by atoms with van der Waals surface area (Å²) >= 11 is 0. The van der Waals surface area contributed by atoms with Crippen molar-refractivity contribution in [1.82, 2.24) is 24.6 Å². The largest absolute Gasteiger partial charge is 0.480 e. The normalized spacial score (nSPS) is 19.3. The first kappa shape index (κ1) is 25.2. The number of carbonyl (C=O) groups is 3. The van der Waals surface area contributed by atoms with Crippen LogP contribution in [0, 0.1) is 5.92 Å². The highest BCUT2D eigenvalue weighted by molar-refractivity contribution is 5.96. The molecule has 4 rings (SSSR count). The van der Waals surface area contributed by atoms with Crippen molar-refractivity contribution >= 4 is 34.4 Å². The number of amides is 2. The maximum atomic E-state index is 12.7. The van der Waals surface area contributed by atoms with E-state index in [1.165, 1.54) is 0 Å². The number of carbonyl (C=O) groups excluding carboxylic acids is 2. The van der Waals surface area contributed by atoms with Crippen LogP contribution in [0.1, 0.15) is 25.5 Å². The predicted octanol–water partition coefficient (Wildman–Crippen LogP) is 1.28. The van der Waals surface area contributed by atoms with Gasteiger partial charge in [0.15, 0.2) is 0 Å². The summed E-state index contributed by atoms with van der Waals surface area (Å²) in [6.45, 7) is 9.82. The van der Waals surface area contributed by atoms with E-state index in [9.17, 15) is 19.5 Å². The third-order valence-electron chi connectivity index (χ3n) is 7.02. The number of nitrogens with zero attached hydrogens (tertiary/aromatic N) is 4. The monoisotopic (exact) mass is 484 g/mol. The number of piperazine rings is 2. The molecule has 0 unspecified atom stereocenters. The van der Waals surface area contributed by atoms with E-state index in [-0.39, 0.29) is 17.7 Å². The maximum absolute atomic E-state index is 12.7. The lowest BCUT2D eigenvalue weighted by Crippen LogP contribution is -2.54. The number of aliphatic carboxylic acids is 1. The van der Waals surface area contributed by atoms with Crippen molar-refractivity contribution in [2.75, 3.05) is 71.3 Å². The van der Waals surface area contributed by atoms with Crippen LogP contribution in [0.3, 0.4) is 0 Å². The van der Waals surface area contributed by atoms with Crippen LogP contribution in [-0.2, 0) is 14.4 Å². The number of hydrogen-bond donors (Lipinski definition) is 3. The summed E-state index contributed by atoms with van der Waals surface area (Å²) in [5.41, 5.74) is 2.16. The van der Waals surface area contributed by atoms with E-state index in [0.717, 1.165) is 37.1 Å². The second-order valence-electron chi connectivity index (χ2n) is 9.89. The van der Waals surface area contributed by atoms with Crippen LogP contribution in [-0.4, -0.2) is 113 Å². The van der Waals surface area contributed by atoms with Gasteiger partial charge in [-0.25, -0.2) is 0 Å². The zero-order valence-corrected chi connectivity index (χ0v) is 20.8. The van der Waals surface area contributed by atoms with Crippen LogP contribution in [0.5, 0.6) is 0 Å². The van der Waals surface area contributed by atoms with Crippen LogP contribution in [0.25, 0.3) is 10.9 Å². The Morgan fingerprint density at radius 2 is 1.71 bits per heavy atom. The molecule has 190 valence electrons. The smallest absolute Gasteiger partial charge is 0.325 e. The van der Waals surface area contributed by atoms with Gasteiger partial charge in [-0.05, 0) is 19.2 Å². The van der Waals surface area contributed by atoms with Gasteiger partial charge in [0.25, 0.3) is 0 Å². The molecule has 0 saturated carbocycles.